The van der Waals surface area contributed by atoms with E-state index < -0.39 is 11.9 Å². The van der Waals surface area contributed by atoms with E-state index >= 15 is 0 Å². The van der Waals surface area contributed by atoms with Crippen LogP contribution in [0, 0.1) is 0 Å². The highest BCUT2D eigenvalue weighted by Gasteiger charge is 2.24. The molecular formula is C21H18ClNO5. The number of amides is 1. The maximum Gasteiger partial charge on any atom is 0.308 e. The van der Waals surface area contributed by atoms with E-state index in [4.69, 9.17) is 21.1 Å². The van der Waals surface area contributed by atoms with Gasteiger partial charge in [0.25, 0.3) is 5.91 Å². The number of benzene rings is 2. The lowest BCUT2D eigenvalue weighted by Crippen LogP contribution is -2.07. The summed E-state index contributed by atoms with van der Waals surface area (Å²) in [6, 6.07) is 10.4. The van der Waals surface area contributed by atoms with Crippen molar-refractivity contribution in [2.45, 2.75) is 20.3 Å². The predicted octanol–water partition coefficient (Wildman–Crippen LogP) is 3.81. The van der Waals surface area contributed by atoms with Crippen LogP contribution in [0.5, 0.6) is 11.5 Å². The molecule has 0 unspecified atom stereocenters. The quantitative estimate of drug-likeness (QED) is 0.358. The molecule has 0 atom stereocenters. The maximum absolute atomic E-state index is 12.4. The van der Waals surface area contributed by atoms with Crippen molar-refractivity contribution in [3.05, 3.63) is 53.1 Å². The Hall–Kier alpha value is -3.12. The zero-order chi connectivity index (χ0) is 20.3. The molecule has 1 aliphatic heterocycles. The molecule has 28 heavy (non-hydrogen) atoms. The molecule has 1 amide bonds. The fourth-order valence-corrected chi connectivity index (χ4v) is 3.12. The Morgan fingerprint density at radius 1 is 1.04 bits per heavy atom. The summed E-state index contributed by atoms with van der Waals surface area (Å²) in [6.45, 7) is 2.51. The number of hydrogen-bond donors (Lipinski definition) is 1. The number of hydrogen-bond acceptors (Lipinski definition) is 5. The summed E-state index contributed by atoms with van der Waals surface area (Å²) in [6.07, 6.45) is 2.39. The fourth-order valence-electron chi connectivity index (χ4n) is 2.90. The molecule has 1 N–H and O–H groups in total. The van der Waals surface area contributed by atoms with Crippen molar-refractivity contribution < 1.29 is 23.9 Å². The lowest BCUT2D eigenvalue weighted by molar-refractivity contribution is -0.134. The number of alkyl halides is 1. The molecule has 2 aromatic rings. The molecule has 0 radical (unpaired) electrons. The monoisotopic (exact) mass is 399 g/mol. The molecule has 0 spiro atoms. The number of carbonyl (C=O) groups is 3. The van der Waals surface area contributed by atoms with Crippen LogP contribution in [-0.4, -0.2) is 23.7 Å². The van der Waals surface area contributed by atoms with Crippen molar-refractivity contribution in [2.75, 3.05) is 11.2 Å². The number of rotatable bonds is 5. The van der Waals surface area contributed by atoms with E-state index in [9.17, 15) is 14.4 Å². The van der Waals surface area contributed by atoms with Crippen LogP contribution >= 0.6 is 11.6 Å². The lowest BCUT2D eigenvalue weighted by atomic mass is 10.0. The topological polar surface area (TPSA) is 81.7 Å². The molecule has 0 fully saturated rings. The molecule has 0 saturated heterocycles. The van der Waals surface area contributed by atoms with Crippen molar-refractivity contribution in [3.63, 3.8) is 0 Å². The fraction of sp³-hybridized carbons (Fsp3) is 0.190. The molecule has 3 rings (SSSR count). The number of nitrogens with one attached hydrogen (secondary N) is 1. The molecule has 1 heterocycles. The van der Waals surface area contributed by atoms with Gasteiger partial charge in [0.1, 0.15) is 0 Å². The lowest BCUT2D eigenvalue weighted by Gasteiger charge is -2.09. The number of anilines is 1. The van der Waals surface area contributed by atoms with Gasteiger partial charge in [-0.3, -0.25) is 14.4 Å². The molecule has 0 saturated carbocycles. The Kier molecular flexibility index (Phi) is 5.80. The average Bonchev–Trinajstić information content (AvgIpc) is 2.92. The second-order valence-electron chi connectivity index (χ2n) is 6.22. The summed E-state index contributed by atoms with van der Waals surface area (Å²) >= 11 is 5.82. The van der Waals surface area contributed by atoms with Gasteiger partial charge < -0.3 is 14.8 Å². The van der Waals surface area contributed by atoms with Gasteiger partial charge in [-0.2, -0.15) is 0 Å². The Balaban J connectivity index is 2.01. The van der Waals surface area contributed by atoms with Crippen molar-refractivity contribution in [1.29, 1.82) is 0 Å². The standard InChI is InChI=1S/C21H18ClNO5/c1-12(24)27-19-6-4-15(11-20(19)28-13(2)25)10-17-16-9-14(7-8-22)3-5-18(16)23-21(17)26/h3-6,9-11H,7-8H2,1-2H3,(H,23,26). The molecular weight excluding hydrogens is 382 g/mol. The number of carbonyl (C=O) groups excluding carboxylic acids is 3. The zero-order valence-corrected chi connectivity index (χ0v) is 16.1. The van der Waals surface area contributed by atoms with E-state index in [2.05, 4.69) is 5.32 Å². The van der Waals surface area contributed by atoms with Crippen LogP contribution in [0.1, 0.15) is 30.5 Å². The van der Waals surface area contributed by atoms with Crippen molar-refractivity contribution >= 4 is 46.8 Å². The number of fused-ring (bicyclic) bond motifs is 1. The third kappa shape index (κ3) is 4.40. The van der Waals surface area contributed by atoms with Gasteiger partial charge in [-0.25, -0.2) is 0 Å². The predicted molar refractivity (Wildman–Crippen MR) is 106 cm³/mol. The second-order valence-corrected chi connectivity index (χ2v) is 6.60. The van der Waals surface area contributed by atoms with Crippen LogP contribution in [0.15, 0.2) is 36.4 Å². The summed E-state index contributed by atoms with van der Waals surface area (Å²) in [7, 11) is 0. The number of ether oxygens (including phenoxy) is 2. The molecule has 0 bridgehead atoms. The number of halogens is 1. The molecule has 144 valence electrons. The zero-order valence-electron chi connectivity index (χ0n) is 15.4. The number of aryl methyl sites for hydroxylation is 1. The molecule has 2 aromatic carbocycles. The van der Waals surface area contributed by atoms with Crippen molar-refractivity contribution in [3.8, 4) is 11.5 Å². The van der Waals surface area contributed by atoms with Gasteiger partial charge in [-0.15, -0.1) is 11.6 Å². The van der Waals surface area contributed by atoms with Gasteiger partial charge in [0, 0.05) is 36.6 Å². The van der Waals surface area contributed by atoms with E-state index in [0.29, 0.717) is 23.4 Å². The second kappa shape index (κ2) is 8.27. The Morgan fingerprint density at radius 3 is 2.43 bits per heavy atom. The molecule has 0 aromatic heterocycles. The summed E-state index contributed by atoms with van der Waals surface area (Å²) in [5.41, 5.74) is 3.65. The van der Waals surface area contributed by atoms with Crippen LogP contribution in [0.2, 0.25) is 0 Å². The third-order valence-electron chi connectivity index (χ3n) is 4.04. The normalized spacial score (nSPS) is 13.8. The first kappa shape index (κ1) is 19.6. The third-order valence-corrected chi connectivity index (χ3v) is 4.23. The Morgan fingerprint density at radius 2 is 1.75 bits per heavy atom. The highest BCUT2D eigenvalue weighted by Crippen LogP contribution is 2.36. The smallest absolute Gasteiger partial charge is 0.308 e. The van der Waals surface area contributed by atoms with E-state index in [1.54, 1.807) is 18.2 Å². The first-order chi connectivity index (χ1) is 13.4. The van der Waals surface area contributed by atoms with E-state index in [1.807, 2.05) is 18.2 Å². The van der Waals surface area contributed by atoms with Gasteiger partial charge in [-0.1, -0.05) is 12.1 Å². The average molecular weight is 400 g/mol. The maximum atomic E-state index is 12.4. The molecule has 0 aliphatic carbocycles. The van der Waals surface area contributed by atoms with Gasteiger partial charge >= 0.3 is 11.9 Å². The summed E-state index contributed by atoms with van der Waals surface area (Å²) < 4.78 is 10.2. The Labute approximate surface area is 167 Å². The first-order valence-electron chi connectivity index (χ1n) is 8.60. The van der Waals surface area contributed by atoms with Gasteiger partial charge in [-0.05, 0) is 47.9 Å². The van der Waals surface area contributed by atoms with E-state index in [-0.39, 0.29) is 17.4 Å². The largest absolute Gasteiger partial charge is 0.423 e. The van der Waals surface area contributed by atoms with E-state index in [0.717, 1.165) is 16.8 Å². The van der Waals surface area contributed by atoms with Gasteiger partial charge in [0.05, 0.1) is 0 Å². The first-order valence-corrected chi connectivity index (χ1v) is 9.14. The summed E-state index contributed by atoms with van der Waals surface area (Å²) in [5, 5.41) is 2.83. The summed E-state index contributed by atoms with van der Waals surface area (Å²) in [5.74, 6) is -0.584. The van der Waals surface area contributed by atoms with Gasteiger partial charge in [0.15, 0.2) is 11.5 Å². The van der Waals surface area contributed by atoms with Crippen LogP contribution in [0.25, 0.3) is 11.6 Å². The minimum Gasteiger partial charge on any atom is -0.423 e. The Bertz CT molecular complexity index is 996. The van der Waals surface area contributed by atoms with E-state index in [1.165, 1.54) is 19.9 Å². The van der Waals surface area contributed by atoms with Crippen molar-refractivity contribution in [1.82, 2.24) is 0 Å². The molecule has 7 heteroatoms. The number of esters is 2. The molecule has 1 aliphatic rings. The van der Waals surface area contributed by atoms with Crippen LogP contribution < -0.4 is 14.8 Å². The summed E-state index contributed by atoms with van der Waals surface area (Å²) in [4.78, 5) is 35.0. The molecule has 6 nitrogen and oxygen atoms in total. The SMILES string of the molecule is CC(=O)Oc1ccc(C=C2C(=O)Nc3ccc(CCCl)cc32)cc1OC(C)=O. The van der Waals surface area contributed by atoms with Crippen molar-refractivity contribution in [2.24, 2.45) is 0 Å². The minimum absolute atomic E-state index is 0.103. The van der Waals surface area contributed by atoms with Crippen LogP contribution in [-0.2, 0) is 20.8 Å². The van der Waals surface area contributed by atoms with Crippen LogP contribution in [0.3, 0.4) is 0 Å². The van der Waals surface area contributed by atoms with Gasteiger partial charge in [0.2, 0.25) is 0 Å². The minimum atomic E-state index is -0.548. The highest BCUT2D eigenvalue weighted by atomic mass is 35.5. The van der Waals surface area contributed by atoms with Crippen LogP contribution in [0.4, 0.5) is 5.69 Å². The highest BCUT2D eigenvalue weighted by molar-refractivity contribution is 6.35.